The van der Waals surface area contributed by atoms with Crippen LogP contribution >= 0.6 is 0 Å². The summed E-state index contributed by atoms with van der Waals surface area (Å²) < 4.78 is 0. The molecule has 2 aromatic heterocycles. The number of nitrogens with zero attached hydrogens (tertiary/aromatic N) is 3. The van der Waals surface area contributed by atoms with Crippen molar-refractivity contribution in [1.82, 2.24) is 15.3 Å². The van der Waals surface area contributed by atoms with Crippen LogP contribution in [0.3, 0.4) is 0 Å². The third-order valence-corrected chi connectivity index (χ3v) is 4.99. The van der Waals surface area contributed by atoms with Crippen molar-refractivity contribution in [2.24, 2.45) is 0 Å². The van der Waals surface area contributed by atoms with Gasteiger partial charge in [0.05, 0.1) is 11.1 Å². The van der Waals surface area contributed by atoms with E-state index >= 15 is 0 Å². The number of pyridine rings is 2. The minimum Gasteiger partial charge on any atom is -0.356 e. The molecule has 0 atom stereocenters. The number of hydrogen-bond acceptors (Lipinski definition) is 4. The number of nitrogens with one attached hydrogen (secondary N) is 1. The lowest BCUT2D eigenvalue weighted by Crippen LogP contribution is -2.45. The SMILES string of the molecule is Cc1cc(N2CCC(NC(=O)c3cccnc3)CC2)nc2ccccc12. The van der Waals surface area contributed by atoms with E-state index < -0.39 is 0 Å². The number of para-hydroxylation sites is 1. The van der Waals surface area contributed by atoms with Gasteiger partial charge in [-0.2, -0.15) is 0 Å². The summed E-state index contributed by atoms with van der Waals surface area (Å²) in [6.07, 6.45) is 5.11. The minimum absolute atomic E-state index is 0.0452. The third-order valence-electron chi connectivity index (χ3n) is 4.99. The van der Waals surface area contributed by atoms with Crippen LogP contribution in [0.4, 0.5) is 5.82 Å². The van der Waals surface area contributed by atoms with Crippen LogP contribution < -0.4 is 10.2 Å². The van der Waals surface area contributed by atoms with E-state index in [9.17, 15) is 4.79 Å². The number of benzene rings is 1. The lowest BCUT2D eigenvalue weighted by atomic mass is 10.0. The number of fused-ring (bicyclic) bond motifs is 1. The van der Waals surface area contributed by atoms with Gasteiger partial charge in [-0.15, -0.1) is 0 Å². The molecule has 0 bridgehead atoms. The van der Waals surface area contributed by atoms with Crippen molar-refractivity contribution in [3.8, 4) is 0 Å². The molecule has 5 nitrogen and oxygen atoms in total. The molecule has 0 spiro atoms. The average molecular weight is 346 g/mol. The van der Waals surface area contributed by atoms with Crippen molar-refractivity contribution < 1.29 is 4.79 Å². The molecular weight excluding hydrogens is 324 g/mol. The Morgan fingerprint density at radius 2 is 1.96 bits per heavy atom. The monoisotopic (exact) mass is 346 g/mol. The van der Waals surface area contributed by atoms with Crippen LogP contribution in [0.5, 0.6) is 0 Å². The van der Waals surface area contributed by atoms with E-state index in [2.05, 4.69) is 40.3 Å². The van der Waals surface area contributed by atoms with Crippen molar-refractivity contribution in [2.45, 2.75) is 25.8 Å². The first-order valence-corrected chi connectivity index (χ1v) is 9.03. The van der Waals surface area contributed by atoms with Gasteiger partial charge in [0.2, 0.25) is 0 Å². The molecule has 4 rings (SSSR count). The van der Waals surface area contributed by atoms with Crippen molar-refractivity contribution in [3.63, 3.8) is 0 Å². The highest BCUT2D eigenvalue weighted by molar-refractivity contribution is 5.94. The van der Waals surface area contributed by atoms with Gasteiger partial charge in [0, 0.05) is 36.9 Å². The Hall–Kier alpha value is -2.95. The molecule has 1 aliphatic rings. The van der Waals surface area contributed by atoms with Crippen molar-refractivity contribution >= 4 is 22.6 Å². The van der Waals surface area contributed by atoms with Gasteiger partial charge in [0.15, 0.2) is 0 Å². The molecule has 0 aliphatic carbocycles. The molecule has 5 heteroatoms. The second-order valence-corrected chi connectivity index (χ2v) is 6.79. The number of amides is 1. The Bertz CT molecular complexity index is 918. The molecule has 1 N–H and O–H groups in total. The molecule has 1 saturated heterocycles. The van der Waals surface area contributed by atoms with Crippen molar-refractivity contribution in [3.05, 3.63) is 66.0 Å². The second-order valence-electron chi connectivity index (χ2n) is 6.79. The maximum Gasteiger partial charge on any atom is 0.253 e. The van der Waals surface area contributed by atoms with Crippen molar-refractivity contribution in [2.75, 3.05) is 18.0 Å². The first kappa shape index (κ1) is 16.5. The maximum absolute atomic E-state index is 12.3. The van der Waals surface area contributed by atoms with Gasteiger partial charge in [-0.1, -0.05) is 18.2 Å². The summed E-state index contributed by atoms with van der Waals surface area (Å²) in [7, 11) is 0. The maximum atomic E-state index is 12.3. The molecule has 0 saturated carbocycles. The zero-order chi connectivity index (χ0) is 17.9. The fourth-order valence-corrected chi connectivity index (χ4v) is 3.51. The number of aryl methyl sites for hydroxylation is 1. The zero-order valence-electron chi connectivity index (χ0n) is 14.9. The summed E-state index contributed by atoms with van der Waals surface area (Å²) in [5.74, 6) is 0.981. The average Bonchev–Trinajstić information content (AvgIpc) is 2.69. The van der Waals surface area contributed by atoms with Crippen LogP contribution in [-0.2, 0) is 0 Å². The number of hydrogen-bond donors (Lipinski definition) is 1. The van der Waals surface area contributed by atoms with E-state index in [1.807, 2.05) is 12.1 Å². The lowest BCUT2D eigenvalue weighted by Gasteiger charge is -2.33. The summed E-state index contributed by atoms with van der Waals surface area (Å²) >= 11 is 0. The standard InChI is InChI=1S/C21H22N4O/c1-15-13-20(24-19-7-3-2-6-18(15)19)25-11-8-17(9-12-25)23-21(26)16-5-4-10-22-14-16/h2-7,10,13-14,17H,8-9,11-12H2,1H3,(H,23,26). The van der Waals surface area contributed by atoms with Crippen LogP contribution in [0.2, 0.25) is 0 Å². The van der Waals surface area contributed by atoms with Crippen LogP contribution in [-0.4, -0.2) is 35.0 Å². The smallest absolute Gasteiger partial charge is 0.253 e. The molecule has 0 unspecified atom stereocenters. The number of rotatable bonds is 3. The Balaban J connectivity index is 1.41. The Morgan fingerprint density at radius 3 is 2.73 bits per heavy atom. The quantitative estimate of drug-likeness (QED) is 0.790. The highest BCUT2D eigenvalue weighted by Gasteiger charge is 2.22. The predicted molar refractivity (Wildman–Crippen MR) is 103 cm³/mol. The highest BCUT2D eigenvalue weighted by Crippen LogP contribution is 2.24. The first-order chi connectivity index (χ1) is 12.7. The topological polar surface area (TPSA) is 58.1 Å². The minimum atomic E-state index is -0.0452. The molecule has 26 heavy (non-hydrogen) atoms. The molecule has 1 fully saturated rings. The largest absolute Gasteiger partial charge is 0.356 e. The van der Waals surface area contributed by atoms with Gasteiger partial charge in [-0.3, -0.25) is 9.78 Å². The van der Waals surface area contributed by atoms with Crippen LogP contribution in [0.15, 0.2) is 54.9 Å². The van der Waals surface area contributed by atoms with E-state index in [4.69, 9.17) is 4.98 Å². The zero-order valence-corrected chi connectivity index (χ0v) is 14.9. The fourth-order valence-electron chi connectivity index (χ4n) is 3.51. The Labute approximate surface area is 153 Å². The number of carbonyl (C=O) groups excluding carboxylic acids is 1. The van der Waals surface area contributed by atoms with Gasteiger partial charge >= 0.3 is 0 Å². The summed E-state index contributed by atoms with van der Waals surface area (Å²) in [4.78, 5) is 23.4. The number of piperidine rings is 1. The first-order valence-electron chi connectivity index (χ1n) is 9.03. The van der Waals surface area contributed by atoms with Crippen LogP contribution in [0.1, 0.15) is 28.8 Å². The Kier molecular flexibility index (Phi) is 4.52. The summed E-state index contributed by atoms with van der Waals surface area (Å²) in [5, 5.41) is 4.33. The van der Waals surface area contributed by atoms with Gasteiger partial charge in [-0.25, -0.2) is 4.98 Å². The van der Waals surface area contributed by atoms with E-state index in [1.165, 1.54) is 10.9 Å². The van der Waals surface area contributed by atoms with Gasteiger partial charge in [0.1, 0.15) is 5.82 Å². The van der Waals surface area contributed by atoms with Crippen LogP contribution in [0, 0.1) is 6.92 Å². The predicted octanol–water partition coefficient (Wildman–Crippen LogP) is 3.34. The van der Waals surface area contributed by atoms with Crippen LogP contribution in [0.25, 0.3) is 10.9 Å². The van der Waals surface area contributed by atoms with Crippen molar-refractivity contribution in [1.29, 1.82) is 0 Å². The molecule has 1 aliphatic heterocycles. The number of aromatic nitrogens is 2. The van der Waals surface area contributed by atoms with E-state index in [-0.39, 0.29) is 11.9 Å². The molecular formula is C21H22N4O. The normalized spacial score (nSPS) is 15.2. The van der Waals surface area contributed by atoms with E-state index in [1.54, 1.807) is 24.5 Å². The van der Waals surface area contributed by atoms with E-state index in [0.717, 1.165) is 37.3 Å². The summed E-state index contributed by atoms with van der Waals surface area (Å²) in [5.41, 5.74) is 2.90. The fraction of sp³-hybridized carbons (Fsp3) is 0.286. The van der Waals surface area contributed by atoms with E-state index in [0.29, 0.717) is 5.56 Å². The Morgan fingerprint density at radius 1 is 1.15 bits per heavy atom. The second kappa shape index (κ2) is 7.12. The molecule has 1 aromatic carbocycles. The lowest BCUT2D eigenvalue weighted by molar-refractivity contribution is 0.0930. The van der Waals surface area contributed by atoms with Gasteiger partial charge in [-0.05, 0) is 49.6 Å². The molecule has 3 heterocycles. The number of carbonyl (C=O) groups is 1. The number of anilines is 1. The summed E-state index contributed by atoms with van der Waals surface area (Å²) in [6.45, 7) is 3.92. The van der Waals surface area contributed by atoms with Gasteiger partial charge in [0.25, 0.3) is 5.91 Å². The summed E-state index contributed by atoms with van der Waals surface area (Å²) in [6, 6.07) is 14.2. The molecule has 0 radical (unpaired) electrons. The third kappa shape index (κ3) is 3.38. The van der Waals surface area contributed by atoms with Gasteiger partial charge < -0.3 is 10.2 Å². The molecule has 132 valence electrons. The highest BCUT2D eigenvalue weighted by atomic mass is 16.1. The molecule has 1 amide bonds. The molecule has 3 aromatic rings.